The highest BCUT2D eigenvalue weighted by Gasteiger charge is 2.31. The van der Waals surface area contributed by atoms with Crippen LogP contribution in [0.25, 0.3) is 0 Å². The van der Waals surface area contributed by atoms with Crippen molar-refractivity contribution in [3.63, 3.8) is 0 Å². The zero-order valence-electron chi connectivity index (χ0n) is 13.5. The van der Waals surface area contributed by atoms with Crippen molar-refractivity contribution in [1.82, 2.24) is 5.32 Å². The summed E-state index contributed by atoms with van der Waals surface area (Å²) in [6.07, 6.45) is 2.74. The minimum atomic E-state index is 0.0512. The number of nitrogens with zero attached hydrogens (tertiary/aromatic N) is 1. The minimum absolute atomic E-state index is 0.0512. The fourth-order valence-electron chi connectivity index (χ4n) is 1.29. The van der Waals surface area contributed by atoms with E-state index in [1.54, 1.807) is 11.8 Å². The molecule has 0 aromatic rings. The van der Waals surface area contributed by atoms with Crippen molar-refractivity contribution < 1.29 is 4.79 Å². The van der Waals surface area contributed by atoms with E-state index in [9.17, 15) is 4.79 Å². The van der Waals surface area contributed by atoms with E-state index in [1.165, 1.54) is 20.9 Å². The van der Waals surface area contributed by atoms with Crippen molar-refractivity contribution in [1.29, 1.82) is 0 Å². The molecule has 1 atom stereocenters. The topological polar surface area (TPSA) is 41.5 Å². The van der Waals surface area contributed by atoms with Crippen LogP contribution >= 0.6 is 20.3 Å². The molecule has 5 heteroatoms. The van der Waals surface area contributed by atoms with Gasteiger partial charge in [0.2, 0.25) is 5.91 Å². The second-order valence-corrected chi connectivity index (χ2v) is 7.05. The summed E-state index contributed by atoms with van der Waals surface area (Å²) >= 11 is 1.54. The number of hydrogen-bond acceptors (Lipinski definition) is 3. The molecule has 1 heterocycles. The van der Waals surface area contributed by atoms with Crippen molar-refractivity contribution in [2.24, 2.45) is 10.9 Å². The largest absolute Gasteiger partial charge is 0.304 e. The summed E-state index contributed by atoms with van der Waals surface area (Å²) in [5.74, 6) is 0.474. The van der Waals surface area contributed by atoms with Crippen LogP contribution in [0.5, 0.6) is 0 Å². The van der Waals surface area contributed by atoms with Crippen LogP contribution < -0.4 is 5.32 Å². The zero-order chi connectivity index (χ0) is 15.3. The lowest BCUT2D eigenvalue weighted by Gasteiger charge is -2.07. The highest BCUT2D eigenvalue weighted by atomic mass is 32.2. The number of amides is 1. The molecule has 1 aliphatic heterocycles. The van der Waals surface area contributed by atoms with Crippen LogP contribution in [0.1, 0.15) is 48.5 Å². The fourth-order valence-corrected chi connectivity index (χ4v) is 2.83. The summed E-state index contributed by atoms with van der Waals surface area (Å²) in [7, 11) is 1.20. The van der Waals surface area contributed by atoms with Gasteiger partial charge in [-0.05, 0) is 25.2 Å². The lowest BCUT2D eigenvalue weighted by atomic mass is 10.1. The highest BCUT2D eigenvalue weighted by Crippen LogP contribution is 2.25. The first-order chi connectivity index (χ1) is 9.06. The summed E-state index contributed by atoms with van der Waals surface area (Å²) in [5, 5.41) is 3.59. The van der Waals surface area contributed by atoms with Crippen LogP contribution in [-0.4, -0.2) is 35.2 Å². The van der Waals surface area contributed by atoms with Gasteiger partial charge in [0.1, 0.15) is 0 Å². The van der Waals surface area contributed by atoms with Gasteiger partial charge in [-0.25, -0.2) is 0 Å². The van der Waals surface area contributed by atoms with E-state index in [0.29, 0.717) is 5.92 Å². The normalized spacial score (nSPS) is 19.5. The molecule has 0 bridgehead atoms. The van der Waals surface area contributed by atoms with Crippen LogP contribution in [0, 0.1) is 5.92 Å². The van der Waals surface area contributed by atoms with Gasteiger partial charge in [-0.15, -0.1) is 8.58 Å². The van der Waals surface area contributed by atoms with Gasteiger partial charge in [0.15, 0.2) is 5.17 Å². The lowest BCUT2D eigenvalue weighted by Crippen LogP contribution is -2.27. The maximum atomic E-state index is 11.3. The predicted molar refractivity (Wildman–Crippen MR) is 93.1 cm³/mol. The van der Waals surface area contributed by atoms with Crippen LogP contribution in [0.3, 0.4) is 0 Å². The average Bonchev–Trinajstić information content (AvgIpc) is 2.75. The number of amidine groups is 1. The maximum absolute atomic E-state index is 11.3. The molecule has 19 heavy (non-hydrogen) atoms. The van der Waals surface area contributed by atoms with Crippen LogP contribution in [0.15, 0.2) is 4.99 Å². The van der Waals surface area contributed by atoms with E-state index >= 15 is 0 Å². The van der Waals surface area contributed by atoms with Crippen molar-refractivity contribution in [3.8, 4) is 0 Å². The van der Waals surface area contributed by atoms with Gasteiger partial charge >= 0.3 is 0 Å². The molecular formula is C14H31N2OPS. The van der Waals surface area contributed by atoms with Crippen molar-refractivity contribution in [2.75, 3.05) is 18.9 Å². The monoisotopic (exact) mass is 306 g/mol. The fraction of sp³-hybridized carbons (Fsp3) is 0.857. The Labute approximate surface area is 125 Å². The number of thioether (sulfide) groups is 1. The van der Waals surface area contributed by atoms with Crippen molar-refractivity contribution >= 4 is 31.4 Å². The van der Waals surface area contributed by atoms with Gasteiger partial charge < -0.3 is 5.32 Å². The van der Waals surface area contributed by atoms with E-state index in [1.807, 2.05) is 34.6 Å². The lowest BCUT2D eigenvalue weighted by molar-refractivity contribution is -0.119. The molecule has 0 spiro atoms. The first-order valence-corrected chi connectivity index (χ1v) is 9.58. The van der Waals surface area contributed by atoms with Gasteiger partial charge in [-0.1, -0.05) is 53.3 Å². The molecule has 0 radical (unpaired) electrons. The molecule has 1 amide bonds. The first kappa shape index (κ1) is 21.2. The van der Waals surface area contributed by atoms with Crippen LogP contribution in [0.4, 0.5) is 0 Å². The summed E-state index contributed by atoms with van der Waals surface area (Å²) in [4.78, 5) is 15.4. The number of carbonyl (C=O) groups excluding carboxylic acids is 1. The third kappa shape index (κ3) is 10.4. The van der Waals surface area contributed by atoms with Gasteiger partial charge in [0.25, 0.3) is 0 Å². The summed E-state index contributed by atoms with van der Waals surface area (Å²) in [5.41, 5.74) is 0. The Bertz CT molecular complexity index is 256. The van der Waals surface area contributed by atoms with E-state index in [4.69, 9.17) is 0 Å². The van der Waals surface area contributed by atoms with Gasteiger partial charge in [-0.2, -0.15) is 0 Å². The average molecular weight is 306 g/mol. The third-order valence-electron chi connectivity index (χ3n) is 2.13. The number of rotatable bonds is 4. The molecule has 1 rings (SSSR count). The maximum Gasteiger partial charge on any atom is 0.239 e. The van der Waals surface area contributed by atoms with E-state index in [2.05, 4.69) is 24.2 Å². The molecule has 0 aromatic carbocycles. The number of aliphatic imine (C=N–C) groups is 1. The molecule has 1 fully saturated rings. The zero-order valence-corrected chi connectivity index (χ0v) is 15.4. The molecule has 1 unspecified atom stereocenters. The third-order valence-corrected chi connectivity index (χ3v) is 4.60. The Balaban J connectivity index is 0. The summed E-state index contributed by atoms with van der Waals surface area (Å²) in [6.45, 7) is 15.2. The van der Waals surface area contributed by atoms with Gasteiger partial charge in [0.05, 0.1) is 5.25 Å². The molecule has 1 N–H and O–H groups in total. The quantitative estimate of drug-likeness (QED) is 0.798. The number of nitrogens with one attached hydrogen (secondary N) is 1. The molecule has 1 saturated heterocycles. The summed E-state index contributed by atoms with van der Waals surface area (Å²) in [6, 6.07) is 0. The van der Waals surface area contributed by atoms with Gasteiger partial charge in [0, 0.05) is 6.54 Å². The Hall–Kier alpha value is -0.0800. The SMILES string of the molecule is CC.CCN=C1NC(=O)C(C(C)C)S1.CCPCC. The highest BCUT2D eigenvalue weighted by molar-refractivity contribution is 8.15. The van der Waals surface area contributed by atoms with Crippen LogP contribution in [-0.2, 0) is 4.79 Å². The second kappa shape index (κ2) is 14.3. The molecule has 3 nitrogen and oxygen atoms in total. The van der Waals surface area contributed by atoms with Crippen molar-refractivity contribution in [2.45, 2.75) is 53.7 Å². The minimum Gasteiger partial charge on any atom is -0.304 e. The standard InChI is InChI=1S/C8H14N2OS.C4H11P.C2H6/c1-4-9-8-10-7(11)6(12-8)5(2)3;1-3-5-4-2;1-2/h5-6H,4H2,1-3H3,(H,9,10,11);5H,3-4H2,1-2H3;1-2H3. The first-order valence-electron chi connectivity index (χ1n) is 7.29. The second-order valence-electron chi connectivity index (χ2n) is 4.01. The molecule has 0 aliphatic carbocycles. The Kier molecular flexibility index (Phi) is 16.0. The Morgan fingerprint density at radius 1 is 1.26 bits per heavy atom. The summed E-state index contributed by atoms with van der Waals surface area (Å²) < 4.78 is 0. The molecule has 0 saturated carbocycles. The predicted octanol–water partition coefficient (Wildman–Crippen LogP) is 3.98. The smallest absolute Gasteiger partial charge is 0.239 e. The van der Waals surface area contributed by atoms with E-state index < -0.39 is 0 Å². The molecular weight excluding hydrogens is 275 g/mol. The number of carbonyl (C=O) groups is 1. The van der Waals surface area contributed by atoms with Gasteiger partial charge in [-0.3, -0.25) is 9.79 Å². The number of hydrogen-bond donors (Lipinski definition) is 1. The van der Waals surface area contributed by atoms with E-state index in [0.717, 1.165) is 11.7 Å². The molecule has 114 valence electrons. The molecule has 1 aliphatic rings. The Morgan fingerprint density at radius 2 is 1.79 bits per heavy atom. The van der Waals surface area contributed by atoms with E-state index in [-0.39, 0.29) is 11.2 Å². The van der Waals surface area contributed by atoms with Crippen molar-refractivity contribution in [3.05, 3.63) is 0 Å². The van der Waals surface area contributed by atoms with Crippen LogP contribution in [0.2, 0.25) is 0 Å². The Morgan fingerprint density at radius 3 is 2.05 bits per heavy atom. The molecule has 0 aromatic heterocycles.